The van der Waals surface area contributed by atoms with Crippen LogP contribution in [0.1, 0.15) is 226 Å². The van der Waals surface area contributed by atoms with E-state index in [0.717, 1.165) is 135 Å². The average molecular weight is 980 g/mol. The second kappa shape index (κ2) is 57.9. The smallest absolute Gasteiger partial charge is 0.306 e. The van der Waals surface area contributed by atoms with Gasteiger partial charge in [0, 0.05) is 19.3 Å². The summed E-state index contributed by atoms with van der Waals surface area (Å²) in [7, 11) is 0. The molecular weight excluding hydrogens is 877 g/mol. The molecule has 0 radical (unpaired) electrons. The zero-order valence-electron chi connectivity index (χ0n) is 45.4. The Kier molecular flexibility index (Phi) is 54.0. The summed E-state index contributed by atoms with van der Waals surface area (Å²) in [5.74, 6) is -1.01. The zero-order valence-corrected chi connectivity index (χ0v) is 45.4. The van der Waals surface area contributed by atoms with E-state index in [2.05, 4.69) is 167 Å². The Morgan fingerprint density at radius 3 is 0.915 bits per heavy atom. The minimum atomic E-state index is -0.824. The molecule has 0 fully saturated rings. The highest BCUT2D eigenvalue weighted by molar-refractivity contribution is 5.71. The average Bonchev–Trinajstić information content (AvgIpc) is 3.37. The van der Waals surface area contributed by atoms with Crippen LogP contribution in [0.25, 0.3) is 0 Å². The maximum absolute atomic E-state index is 12.8. The molecular formula is C65H102O6. The van der Waals surface area contributed by atoms with Gasteiger partial charge in [0.2, 0.25) is 0 Å². The predicted octanol–water partition coefficient (Wildman–Crippen LogP) is 19.2. The Labute approximate surface area is 436 Å². The molecule has 0 saturated heterocycles. The third-order valence-electron chi connectivity index (χ3n) is 11.3. The van der Waals surface area contributed by atoms with Crippen molar-refractivity contribution in [2.24, 2.45) is 0 Å². The fourth-order valence-corrected chi connectivity index (χ4v) is 7.11. The van der Waals surface area contributed by atoms with E-state index in [1.54, 1.807) is 0 Å². The third kappa shape index (κ3) is 56.1. The van der Waals surface area contributed by atoms with E-state index in [0.29, 0.717) is 19.3 Å². The lowest BCUT2D eigenvalue weighted by atomic mass is 10.1. The second-order valence-corrected chi connectivity index (χ2v) is 18.1. The van der Waals surface area contributed by atoms with Crippen LogP contribution < -0.4 is 0 Å². The fraction of sp³-hybridized carbons (Fsp3) is 0.585. The molecule has 0 amide bonds. The first-order valence-electron chi connectivity index (χ1n) is 28.3. The normalized spacial score (nSPS) is 13.2. The van der Waals surface area contributed by atoms with Crippen molar-refractivity contribution in [3.63, 3.8) is 0 Å². The molecule has 0 heterocycles. The standard InChI is InChI=1S/C65H102O6/c1-4-7-10-13-16-19-22-25-27-29-31-32-34-35-37-40-43-46-49-52-55-58-64(67)70-61-62(60-69-63(66)57-54-51-48-45-42-39-24-21-18-15-12-9-6-3)71-65(68)59-56-53-50-47-44-41-38-36-33-30-28-26-23-20-17-14-11-8-5-2/h7-8,10-11,16-17,19-21,24-28,31-33,35-37,41,43-44,46,62H,4-6,9,12-15,18,22-23,29-30,34,38-40,42,45,47-61H2,1-3H3/b10-7-,11-8-,19-16-,20-17-,24-21-,27-25-,28-26-,32-31-,36-33-,37-35-,44-41-,46-43-. The second-order valence-electron chi connectivity index (χ2n) is 18.1. The van der Waals surface area contributed by atoms with Gasteiger partial charge in [-0.05, 0) is 141 Å². The lowest BCUT2D eigenvalue weighted by Gasteiger charge is -2.18. The van der Waals surface area contributed by atoms with Crippen LogP contribution in [0.3, 0.4) is 0 Å². The highest BCUT2D eigenvalue weighted by Crippen LogP contribution is 2.12. The number of hydrogen-bond acceptors (Lipinski definition) is 6. The molecule has 6 nitrogen and oxygen atoms in total. The van der Waals surface area contributed by atoms with Crippen molar-refractivity contribution >= 4 is 17.9 Å². The number of allylic oxidation sites excluding steroid dienone is 24. The highest BCUT2D eigenvalue weighted by atomic mass is 16.6. The van der Waals surface area contributed by atoms with Crippen molar-refractivity contribution in [2.45, 2.75) is 232 Å². The van der Waals surface area contributed by atoms with Crippen LogP contribution in [0.5, 0.6) is 0 Å². The molecule has 0 aromatic heterocycles. The number of unbranched alkanes of at least 4 members (excludes halogenated alkanes) is 14. The number of rotatable bonds is 49. The minimum absolute atomic E-state index is 0.116. The molecule has 0 bridgehead atoms. The van der Waals surface area contributed by atoms with Gasteiger partial charge in [0.05, 0.1) is 0 Å². The van der Waals surface area contributed by atoms with Crippen LogP contribution in [-0.4, -0.2) is 37.2 Å². The van der Waals surface area contributed by atoms with Gasteiger partial charge in [-0.15, -0.1) is 0 Å². The van der Waals surface area contributed by atoms with Gasteiger partial charge in [0.15, 0.2) is 6.10 Å². The first kappa shape index (κ1) is 66.3. The van der Waals surface area contributed by atoms with Crippen LogP contribution in [0.4, 0.5) is 0 Å². The van der Waals surface area contributed by atoms with E-state index < -0.39 is 6.10 Å². The van der Waals surface area contributed by atoms with Gasteiger partial charge >= 0.3 is 17.9 Å². The Morgan fingerprint density at radius 2 is 0.549 bits per heavy atom. The molecule has 1 atom stereocenters. The summed E-state index contributed by atoms with van der Waals surface area (Å²) >= 11 is 0. The Bertz CT molecular complexity index is 1590. The number of carbonyl (C=O) groups excluding carboxylic acids is 3. The largest absolute Gasteiger partial charge is 0.462 e. The molecule has 0 aromatic carbocycles. The summed E-state index contributed by atoms with van der Waals surface area (Å²) in [5.41, 5.74) is 0. The van der Waals surface area contributed by atoms with Gasteiger partial charge in [-0.3, -0.25) is 14.4 Å². The van der Waals surface area contributed by atoms with Crippen molar-refractivity contribution in [1.29, 1.82) is 0 Å². The summed E-state index contributed by atoms with van der Waals surface area (Å²) < 4.78 is 16.8. The van der Waals surface area contributed by atoms with Crippen LogP contribution in [0.15, 0.2) is 146 Å². The lowest BCUT2D eigenvalue weighted by molar-refractivity contribution is -0.167. The van der Waals surface area contributed by atoms with Crippen molar-refractivity contribution < 1.29 is 28.6 Å². The minimum Gasteiger partial charge on any atom is -0.462 e. The summed E-state index contributed by atoms with van der Waals surface area (Å²) in [6, 6.07) is 0. The molecule has 0 aliphatic rings. The summed E-state index contributed by atoms with van der Waals surface area (Å²) in [6.07, 6.45) is 82.6. The molecule has 0 rings (SSSR count). The first-order valence-corrected chi connectivity index (χ1v) is 28.3. The monoisotopic (exact) mass is 979 g/mol. The van der Waals surface area contributed by atoms with Crippen LogP contribution in [0.2, 0.25) is 0 Å². The number of carbonyl (C=O) groups is 3. The molecule has 0 N–H and O–H groups in total. The molecule has 71 heavy (non-hydrogen) atoms. The summed E-state index contributed by atoms with van der Waals surface area (Å²) in [4.78, 5) is 38.1. The molecule has 1 unspecified atom stereocenters. The molecule has 0 aromatic rings. The molecule has 0 aliphatic carbocycles. The van der Waals surface area contributed by atoms with E-state index in [1.165, 1.54) is 38.5 Å². The van der Waals surface area contributed by atoms with E-state index >= 15 is 0 Å². The quantitative estimate of drug-likeness (QED) is 0.0262. The zero-order chi connectivity index (χ0) is 51.4. The molecule has 398 valence electrons. The SMILES string of the molecule is CC/C=C\C/C=C\C/C=C\C/C=C\C/C=C\C/C=C\CCCCC(=O)OCC(COC(=O)CCCCCCC/C=C\CCCCCC)OC(=O)CCCCC/C=C\C/C=C\C/C=C\C/C=C\C/C=C\CC. The molecule has 0 saturated carbocycles. The fourth-order valence-electron chi connectivity index (χ4n) is 7.11. The lowest BCUT2D eigenvalue weighted by Crippen LogP contribution is -2.30. The van der Waals surface area contributed by atoms with E-state index in [4.69, 9.17) is 14.2 Å². The molecule has 0 aliphatic heterocycles. The third-order valence-corrected chi connectivity index (χ3v) is 11.3. The van der Waals surface area contributed by atoms with Crippen molar-refractivity contribution in [3.8, 4) is 0 Å². The maximum atomic E-state index is 12.8. The van der Waals surface area contributed by atoms with Crippen molar-refractivity contribution in [3.05, 3.63) is 146 Å². The van der Waals surface area contributed by atoms with Gasteiger partial charge in [-0.1, -0.05) is 212 Å². The van der Waals surface area contributed by atoms with Gasteiger partial charge in [0.25, 0.3) is 0 Å². The Hall–Kier alpha value is -4.71. The van der Waals surface area contributed by atoms with Gasteiger partial charge in [-0.25, -0.2) is 0 Å². The summed E-state index contributed by atoms with van der Waals surface area (Å²) in [6.45, 7) is 6.31. The first-order chi connectivity index (χ1) is 35.0. The number of ether oxygens (including phenoxy) is 3. The van der Waals surface area contributed by atoms with Crippen LogP contribution >= 0.6 is 0 Å². The van der Waals surface area contributed by atoms with Gasteiger partial charge in [-0.2, -0.15) is 0 Å². The van der Waals surface area contributed by atoms with E-state index in [9.17, 15) is 14.4 Å². The van der Waals surface area contributed by atoms with E-state index in [-0.39, 0.29) is 44.0 Å². The Morgan fingerprint density at radius 1 is 0.296 bits per heavy atom. The van der Waals surface area contributed by atoms with Gasteiger partial charge in [0.1, 0.15) is 13.2 Å². The van der Waals surface area contributed by atoms with Crippen LogP contribution in [-0.2, 0) is 28.6 Å². The highest BCUT2D eigenvalue weighted by Gasteiger charge is 2.19. The molecule has 0 spiro atoms. The topological polar surface area (TPSA) is 78.9 Å². The maximum Gasteiger partial charge on any atom is 0.306 e. The van der Waals surface area contributed by atoms with Gasteiger partial charge < -0.3 is 14.2 Å². The number of hydrogen-bond donors (Lipinski definition) is 0. The van der Waals surface area contributed by atoms with E-state index in [1.807, 2.05) is 0 Å². The van der Waals surface area contributed by atoms with Crippen molar-refractivity contribution in [1.82, 2.24) is 0 Å². The van der Waals surface area contributed by atoms with Crippen molar-refractivity contribution in [2.75, 3.05) is 13.2 Å². The Balaban J connectivity index is 4.56. The molecule has 6 heteroatoms. The number of esters is 3. The van der Waals surface area contributed by atoms with Crippen LogP contribution in [0, 0.1) is 0 Å². The summed E-state index contributed by atoms with van der Waals surface area (Å²) in [5, 5.41) is 0. The predicted molar refractivity (Wildman–Crippen MR) is 306 cm³/mol.